The van der Waals surface area contributed by atoms with Crippen LogP contribution in [0.25, 0.3) is 0 Å². The molecule has 1 aromatic heterocycles. The van der Waals surface area contributed by atoms with Gasteiger partial charge in [0.05, 0.1) is 12.1 Å². The van der Waals surface area contributed by atoms with Crippen LogP contribution in [0.1, 0.15) is 31.3 Å². The molecule has 10 atom stereocenters. The highest BCUT2D eigenvalue weighted by molar-refractivity contribution is 5.50. The van der Waals surface area contributed by atoms with Gasteiger partial charge in [0.15, 0.2) is 0 Å². The van der Waals surface area contributed by atoms with E-state index < -0.39 is 0 Å². The molecule has 1 aromatic rings. The van der Waals surface area contributed by atoms with Crippen molar-refractivity contribution in [2.75, 3.05) is 0 Å². The lowest BCUT2D eigenvalue weighted by molar-refractivity contribution is -0.0268. The van der Waals surface area contributed by atoms with Crippen LogP contribution in [0.2, 0.25) is 0 Å². The molecule has 2 bridgehead atoms. The van der Waals surface area contributed by atoms with Gasteiger partial charge in [0.2, 0.25) is 0 Å². The van der Waals surface area contributed by atoms with Gasteiger partial charge in [0, 0.05) is 17.9 Å². The van der Waals surface area contributed by atoms with Crippen LogP contribution in [0.4, 0.5) is 0 Å². The fraction of sp³-hybridized carbons (Fsp3) is 0.875. The average Bonchev–Trinajstić information content (AvgIpc) is 3.37. The molecule has 2 aliphatic heterocycles. The third kappa shape index (κ3) is 0.573. The van der Waals surface area contributed by atoms with Crippen LogP contribution < -0.4 is 11.4 Å². The zero-order valence-corrected chi connectivity index (χ0v) is 11.9. The van der Waals surface area contributed by atoms with Crippen LogP contribution in [0.3, 0.4) is 0 Å². The molecule has 2 unspecified atom stereocenters. The summed E-state index contributed by atoms with van der Waals surface area (Å²) >= 11 is 0. The lowest BCUT2D eigenvalue weighted by Gasteiger charge is -2.50. The molecule has 108 valence electrons. The Morgan fingerprint density at radius 3 is 1.95 bits per heavy atom. The van der Waals surface area contributed by atoms with E-state index in [0.29, 0.717) is 22.9 Å². The number of nitrogens with zero attached hydrogens (tertiary/aromatic N) is 3. The second-order valence-electron chi connectivity index (χ2n) is 9.16. The minimum Gasteiger partial charge on any atom is -0.246 e. The molecular formula is C16H17N3O2. The molecule has 8 aliphatic rings. The Hall–Kier alpha value is -1.26. The van der Waals surface area contributed by atoms with E-state index in [2.05, 4.69) is 0 Å². The molecule has 0 N–H and O–H groups in total. The molecule has 5 heteroatoms. The van der Waals surface area contributed by atoms with Gasteiger partial charge in [0.25, 0.3) is 0 Å². The highest BCUT2D eigenvalue weighted by Gasteiger charge is 3.04. The van der Waals surface area contributed by atoms with Crippen molar-refractivity contribution in [1.82, 2.24) is 13.9 Å². The van der Waals surface area contributed by atoms with Crippen LogP contribution in [0, 0.1) is 46.3 Å². The molecule has 6 saturated carbocycles. The van der Waals surface area contributed by atoms with Crippen LogP contribution >= 0.6 is 0 Å². The van der Waals surface area contributed by atoms with Crippen LogP contribution in [-0.4, -0.2) is 13.9 Å². The topological polar surface area (TPSA) is 48.9 Å². The van der Waals surface area contributed by atoms with E-state index in [1.165, 1.54) is 23.8 Å². The molecule has 2 spiro atoms. The summed E-state index contributed by atoms with van der Waals surface area (Å²) in [6, 6.07) is 0.760. The number of hydrogen-bond acceptors (Lipinski definition) is 2. The zero-order valence-electron chi connectivity index (χ0n) is 11.9. The zero-order chi connectivity index (χ0) is 13.6. The molecule has 3 heterocycles. The Balaban J connectivity index is 1.55. The van der Waals surface area contributed by atoms with Gasteiger partial charge in [-0.2, -0.15) is 0 Å². The van der Waals surface area contributed by atoms with E-state index in [-0.39, 0.29) is 11.4 Å². The molecule has 0 radical (unpaired) electrons. The first-order valence-corrected chi connectivity index (χ1v) is 8.54. The third-order valence-electron chi connectivity index (χ3n) is 9.25. The maximum atomic E-state index is 12.6. The quantitative estimate of drug-likeness (QED) is 0.690. The van der Waals surface area contributed by atoms with Crippen molar-refractivity contribution in [1.29, 1.82) is 0 Å². The second-order valence-corrected chi connectivity index (χ2v) is 9.16. The van der Waals surface area contributed by atoms with Crippen molar-refractivity contribution in [2.24, 2.45) is 53.4 Å². The molecular weight excluding hydrogens is 266 g/mol. The SMILES string of the molecule is Cn1c(=O)n2n(c1=O)[C@@H]1[C@H]3C4C5[C@@]6(C[C@@H]7C[C@@H]7C[C@@]516)[C@@H]2[C@@H]43. The molecule has 9 rings (SSSR count). The monoisotopic (exact) mass is 283 g/mol. The number of aromatic nitrogens is 3. The Kier molecular flexibility index (Phi) is 0.979. The first kappa shape index (κ1) is 9.70. The summed E-state index contributed by atoms with van der Waals surface area (Å²) in [7, 11) is 1.66. The largest absolute Gasteiger partial charge is 0.347 e. The van der Waals surface area contributed by atoms with Gasteiger partial charge in [-0.3, -0.25) is 0 Å². The third-order valence-corrected chi connectivity index (χ3v) is 9.25. The predicted molar refractivity (Wildman–Crippen MR) is 71.7 cm³/mol. The molecule has 0 saturated heterocycles. The Labute approximate surface area is 120 Å². The van der Waals surface area contributed by atoms with Crippen molar-refractivity contribution in [2.45, 2.75) is 31.3 Å². The maximum absolute atomic E-state index is 12.6. The van der Waals surface area contributed by atoms with Crippen molar-refractivity contribution in [3.05, 3.63) is 21.0 Å². The van der Waals surface area contributed by atoms with E-state index in [1.54, 1.807) is 7.05 Å². The summed E-state index contributed by atoms with van der Waals surface area (Å²) in [4.78, 5) is 25.3. The van der Waals surface area contributed by atoms with E-state index in [0.717, 1.165) is 35.5 Å². The standard InChI is InChI=1S/C16H17N3O2/c1-17-13(20)18-11-8-7-9(8)12(19(18)14(17)21)16-4-6-2-5(6)3-15(11,16)10(7)16/h5-12H,2-4H2,1H3/t5-,6+,7?,8-,9-,10?,11-,12+,15-,16+/m0/s1. The van der Waals surface area contributed by atoms with Gasteiger partial charge in [-0.15, -0.1) is 0 Å². The summed E-state index contributed by atoms with van der Waals surface area (Å²) in [6.07, 6.45) is 4.18. The Bertz CT molecular complexity index is 853. The lowest BCUT2D eigenvalue weighted by Crippen LogP contribution is -2.53. The molecule has 21 heavy (non-hydrogen) atoms. The van der Waals surface area contributed by atoms with Crippen molar-refractivity contribution < 1.29 is 0 Å². The van der Waals surface area contributed by atoms with Crippen molar-refractivity contribution in [3.63, 3.8) is 0 Å². The van der Waals surface area contributed by atoms with Crippen LogP contribution in [-0.2, 0) is 7.05 Å². The maximum Gasteiger partial charge on any atom is 0.347 e. The van der Waals surface area contributed by atoms with Gasteiger partial charge in [-0.05, 0) is 54.8 Å². The fourth-order valence-corrected chi connectivity index (χ4v) is 9.04. The summed E-state index contributed by atoms with van der Waals surface area (Å²) in [5.41, 5.74) is 0.786. The Morgan fingerprint density at radius 2 is 1.43 bits per heavy atom. The summed E-state index contributed by atoms with van der Waals surface area (Å²) in [6.45, 7) is 0. The first-order valence-electron chi connectivity index (χ1n) is 8.54. The highest BCUT2D eigenvalue weighted by atomic mass is 16.2. The minimum atomic E-state index is -0.0486. The van der Waals surface area contributed by atoms with Crippen LogP contribution in [0.15, 0.2) is 9.59 Å². The first-order chi connectivity index (χ1) is 10.1. The second kappa shape index (κ2) is 2.12. The molecule has 6 aliphatic carbocycles. The lowest BCUT2D eigenvalue weighted by atomic mass is 9.65. The molecule has 0 aromatic carbocycles. The normalized spacial score (nSPS) is 67.5. The number of hydrogen-bond donors (Lipinski definition) is 0. The van der Waals surface area contributed by atoms with Crippen LogP contribution in [0.5, 0.6) is 0 Å². The van der Waals surface area contributed by atoms with Gasteiger partial charge in [0.1, 0.15) is 0 Å². The van der Waals surface area contributed by atoms with Gasteiger partial charge >= 0.3 is 11.4 Å². The van der Waals surface area contributed by atoms with Gasteiger partial charge < -0.3 is 0 Å². The van der Waals surface area contributed by atoms with E-state index >= 15 is 0 Å². The van der Waals surface area contributed by atoms with Crippen molar-refractivity contribution in [3.8, 4) is 0 Å². The predicted octanol–water partition coefficient (Wildman–Crippen LogP) is 0.366. The van der Waals surface area contributed by atoms with E-state index in [1.807, 2.05) is 9.36 Å². The number of fused-ring (bicyclic) bond motifs is 1. The van der Waals surface area contributed by atoms with E-state index in [4.69, 9.17) is 0 Å². The van der Waals surface area contributed by atoms with Gasteiger partial charge in [-0.25, -0.2) is 23.5 Å². The molecule has 6 fully saturated rings. The van der Waals surface area contributed by atoms with E-state index in [9.17, 15) is 9.59 Å². The number of rotatable bonds is 0. The summed E-state index contributed by atoms with van der Waals surface area (Å²) < 4.78 is 5.22. The average molecular weight is 283 g/mol. The summed E-state index contributed by atoms with van der Waals surface area (Å²) in [5.74, 6) is 5.15. The fourth-order valence-electron chi connectivity index (χ4n) is 9.04. The van der Waals surface area contributed by atoms with Gasteiger partial charge in [-0.1, -0.05) is 0 Å². The highest BCUT2D eigenvalue weighted by Crippen LogP contribution is 3.06. The Morgan fingerprint density at radius 1 is 0.905 bits per heavy atom. The summed E-state index contributed by atoms with van der Waals surface area (Å²) in [5, 5.41) is 0. The smallest absolute Gasteiger partial charge is 0.246 e. The minimum absolute atomic E-state index is 0.0486. The van der Waals surface area contributed by atoms with Crippen molar-refractivity contribution >= 4 is 0 Å². The molecule has 5 nitrogen and oxygen atoms in total. The molecule has 0 amide bonds.